The van der Waals surface area contributed by atoms with E-state index in [-0.39, 0.29) is 0 Å². The first-order valence-electron chi connectivity index (χ1n) is 3.55. The molecule has 56 valence electrons. The van der Waals surface area contributed by atoms with Gasteiger partial charge >= 0.3 is 0 Å². The summed E-state index contributed by atoms with van der Waals surface area (Å²) in [6.45, 7) is 2.14. The van der Waals surface area contributed by atoms with Gasteiger partial charge in [-0.05, 0) is 6.07 Å². The van der Waals surface area contributed by atoms with Gasteiger partial charge in [0.1, 0.15) is 0 Å². The van der Waals surface area contributed by atoms with Crippen molar-refractivity contribution >= 4 is 0 Å². The molecule has 0 amide bonds. The van der Waals surface area contributed by atoms with Gasteiger partial charge in [0.2, 0.25) is 0 Å². The van der Waals surface area contributed by atoms with Gasteiger partial charge in [-0.15, -0.1) is 0 Å². The van der Waals surface area contributed by atoms with Crippen LogP contribution in [0.4, 0.5) is 0 Å². The number of quaternary nitrogens is 1. The quantitative estimate of drug-likeness (QED) is 0.573. The highest BCUT2D eigenvalue weighted by atomic mass is 15.3. The average molecular weight is 140 g/mol. The molecule has 0 aliphatic heterocycles. The van der Waals surface area contributed by atoms with E-state index >= 15 is 0 Å². The highest BCUT2D eigenvalue weighted by Crippen LogP contribution is 1.80. The second kappa shape index (κ2) is 3.37. The normalized spacial score (nSPS) is 10.7. The predicted octanol–water partition coefficient (Wildman–Crippen LogP) is -0.972. The molecule has 0 aliphatic carbocycles. The van der Waals surface area contributed by atoms with Crippen molar-refractivity contribution in [1.29, 1.82) is 0 Å². The van der Waals surface area contributed by atoms with Crippen molar-refractivity contribution in [2.45, 2.75) is 6.54 Å². The summed E-state index contributed by atoms with van der Waals surface area (Å²) in [7, 11) is 4.28. The Kier molecular flexibility index (Phi) is 2.45. The van der Waals surface area contributed by atoms with E-state index in [1.165, 1.54) is 4.90 Å². The number of hydrogen-bond donors (Lipinski definition) is 1. The summed E-state index contributed by atoms with van der Waals surface area (Å²) in [6, 6.07) is 1.95. The van der Waals surface area contributed by atoms with Crippen LogP contribution in [0.5, 0.6) is 0 Å². The van der Waals surface area contributed by atoms with Gasteiger partial charge in [-0.3, -0.25) is 4.68 Å². The number of aromatic nitrogens is 2. The molecule has 3 heteroatoms. The van der Waals surface area contributed by atoms with Crippen LogP contribution in [0.3, 0.4) is 0 Å². The monoisotopic (exact) mass is 140 g/mol. The summed E-state index contributed by atoms with van der Waals surface area (Å²) >= 11 is 0. The van der Waals surface area contributed by atoms with E-state index in [1.807, 2.05) is 23.1 Å². The predicted molar refractivity (Wildman–Crippen MR) is 39.9 cm³/mol. The molecule has 3 nitrogen and oxygen atoms in total. The molecule has 0 bridgehead atoms. The van der Waals surface area contributed by atoms with E-state index in [2.05, 4.69) is 19.2 Å². The lowest BCUT2D eigenvalue weighted by molar-refractivity contribution is -0.859. The first-order valence-corrected chi connectivity index (χ1v) is 3.55. The first kappa shape index (κ1) is 7.28. The van der Waals surface area contributed by atoms with Gasteiger partial charge in [-0.1, -0.05) is 0 Å². The Balaban J connectivity index is 2.28. The molecule has 0 atom stereocenters. The van der Waals surface area contributed by atoms with E-state index in [0.717, 1.165) is 13.1 Å². The van der Waals surface area contributed by atoms with Crippen molar-refractivity contribution in [2.75, 3.05) is 20.6 Å². The zero-order valence-corrected chi connectivity index (χ0v) is 6.54. The highest BCUT2D eigenvalue weighted by Gasteiger charge is 1.93. The molecule has 1 aromatic rings. The van der Waals surface area contributed by atoms with Crippen LogP contribution in [0.1, 0.15) is 0 Å². The third kappa shape index (κ3) is 2.19. The second-order valence-electron chi connectivity index (χ2n) is 2.73. The number of hydrogen-bond acceptors (Lipinski definition) is 1. The van der Waals surface area contributed by atoms with Crippen LogP contribution in [0.25, 0.3) is 0 Å². The van der Waals surface area contributed by atoms with Crippen LogP contribution in [0.2, 0.25) is 0 Å². The molecule has 0 saturated carbocycles. The van der Waals surface area contributed by atoms with Crippen molar-refractivity contribution in [3.63, 3.8) is 0 Å². The van der Waals surface area contributed by atoms with Crippen molar-refractivity contribution in [3.8, 4) is 0 Å². The summed E-state index contributed by atoms with van der Waals surface area (Å²) < 4.78 is 1.95. The van der Waals surface area contributed by atoms with Crippen LogP contribution < -0.4 is 4.90 Å². The lowest BCUT2D eigenvalue weighted by Crippen LogP contribution is -3.06. The topological polar surface area (TPSA) is 22.3 Å². The highest BCUT2D eigenvalue weighted by molar-refractivity contribution is 4.77. The van der Waals surface area contributed by atoms with Crippen molar-refractivity contribution < 1.29 is 4.90 Å². The Hall–Kier alpha value is -0.830. The Bertz CT molecular complexity index is 167. The minimum atomic E-state index is 1.01. The van der Waals surface area contributed by atoms with E-state index in [9.17, 15) is 0 Å². The summed E-state index contributed by atoms with van der Waals surface area (Å²) in [6.07, 6.45) is 3.80. The Morgan fingerprint density at radius 3 is 2.80 bits per heavy atom. The Morgan fingerprint density at radius 1 is 1.50 bits per heavy atom. The fourth-order valence-electron chi connectivity index (χ4n) is 0.771. The molecule has 1 aromatic heterocycles. The Morgan fingerprint density at radius 2 is 2.30 bits per heavy atom. The van der Waals surface area contributed by atoms with Gasteiger partial charge in [0, 0.05) is 12.4 Å². The number of rotatable bonds is 3. The van der Waals surface area contributed by atoms with Crippen LogP contribution in [-0.2, 0) is 6.54 Å². The average Bonchev–Trinajstić information content (AvgIpc) is 2.34. The standard InChI is InChI=1S/C7H13N3/c1-9(2)6-7-10-5-3-4-8-10/h3-5H,6-7H2,1-2H3/p+1. The van der Waals surface area contributed by atoms with Crippen molar-refractivity contribution in [2.24, 2.45) is 0 Å². The molecule has 0 fully saturated rings. The smallest absolute Gasteiger partial charge is 0.0966 e. The number of nitrogens with one attached hydrogen (secondary N) is 1. The third-order valence-electron chi connectivity index (χ3n) is 1.40. The SMILES string of the molecule is C[NH+](C)CCn1cccn1. The fourth-order valence-corrected chi connectivity index (χ4v) is 0.771. The van der Waals surface area contributed by atoms with Crippen LogP contribution in [0.15, 0.2) is 18.5 Å². The Labute approximate surface area is 61.3 Å². The zero-order chi connectivity index (χ0) is 7.40. The van der Waals surface area contributed by atoms with E-state index < -0.39 is 0 Å². The summed E-state index contributed by atoms with van der Waals surface area (Å²) in [5.41, 5.74) is 0. The largest absolute Gasteiger partial charge is 0.338 e. The maximum absolute atomic E-state index is 4.09. The summed E-state index contributed by atoms with van der Waals surface area (Å²) in [5.74, 6) is 0. The molecular weight excluding hydrogens is 126 g/mol. The third-order valence-corrected chi connectivity index (χ3v) is 1.40. The molecule has 1 N–H and O–H groups in total. The molecule has 10 heavy (non-hydrogen) atoms. The van der Waals surface area contributed by atoms with Gasteiger partial charge in [0.05, 0.1) is 27.2 Å². The van der Waals surface area contributed by atoms with Crippen LogP contribution >= 0.6 is 0 Å². The van der Waals surface area contributed by atoms with Gasteiger partial charge in [0.15, 0.2) is 0 Å². The minimum Gasteiger partial charge on any atom is -0.338 e. The van der Waals surface area contributed by atoms with Crippen LogP contribution in [-0.4, -0.2) is 30.4 Å². The maximum Gasteiger partial charge on any atom is 0.0966 e. The molecule has 0 saturated heterocycles. The van der Waals surface area contributed by atoms with Crippen molar-refractivity contribution in [1.82, 2.24) is 9.78 Å². The molecule has 0 aliphatic rings. The first-order chi connectivity index (χ1) is 4.79. The zero-order valence-electron chi connectivity index (χ0n) is 6.54. The van der Waals surface area contributed by atoms with Gasteiger partial charge in [0.25, 0.3) is 0 Å². The lowest BCUT2D eigenvalue weighted by atomic mass is 10.6. The minimum absolute atomic E-state index is 1.01. The molecule has 1 heterocycles. The number of nitrogens with zero attached hydrogens (tertiary/aromatic N) is 2. The summed E-state index contributed by atoms with van der Waals surface area (Å²) in [4.78, 5) is 1.45. The molecular formula is C7H14N3+. The molecule has 0 unspecified atom stereocenters. The van der Waals surface area contributed by atoms with Crippen molar-refractivity contribution in [3.05, 3.63) is 18.5 Å². The van der Waals surface area contributed by atoms with Crippen LogP contribution in [0, 0.1) is 0 Å². The van der Waals surface area contributed by atoms with E-state index in [4.69, 9.17) is 0 Å². The van der Waals surface area contributed by atoms with Gasteiger partial charge in [-0.25, -0.2) is 0 Å². The lowest BCUT2D eigenvalue weighted by Gasteiger charge is -2.05. The molecule has 0 spiro atoms. The number of likely N-dealkylation sites (N-methyl/N-ethyl adjacent to an activating group) is 1. The van der Waals surface area contributed by atoms with Gasteiger partial charge in [-0.2, -0.15) is 5.10 Å². The fraction of sp³-hybridized carbons (Fsp3) is 0.571. The van der Waals surface area contributed by atoms with E-state index in [0.29, 0.717) is 0 Å². The second-order valence-corrected chi connectivity index (χ2v) is 2.73. The van der Waals surface area contributed by atoms with Gasteiger partial charge < -0.3 is 4.90 Å². The summed E-state index contributed by atoms with van der Waals surface area (Å²) in [5, 5.41) is 4.09. The molecule has 0 aromatic carbocycles. The van der Waals surface area contributed by atoms with E-state index in [1.54, 1.807) is 0 Å². The molecule has 0 radical (unpaired) electrons. The molecule has 1 rings (SSSR count). The maximum atomic E-state index is 4.09.